The number of allylic oxidation sites excluding steroid dienone is 1. The standard InChI is InChI=1S/C12H17NS/c1-4-13-12-11(8(2)3)9-6-5-7-10(9)14-12/h4,9-10H,1,5-7H2,2-3H3. The first-order chi connectivity index (χ1) is 6.74. The van der Waals surface area contributed by atoms with Crippen LogP contribution in [0, 0.1) is 5.92 Å². The molecule has 2 aliphatic rings. The highest BCUT2D eigenvalue weighted by molar-refractivity contribution is 8.15. The van der Waals surface area contributed by atoms with Gasteiger partial charge in [-0.2, -0.15) is 0 Å². The van der Waals surface area contributed by atoms with E-state index in [0.29, 0.717) is 0 Å². The third kappa shape index (κ3) is 1.56. The summed E-state index contributed by atoms with van der Waals surface area (Å²) in [5, 5.41) is 2.04. The lowest BCUT2D eigenvalue weighted by Crippen LogP contribution is -2.06. The average Bonchev–Trinajstić information content (AvgIpc) is 2.62. The predicted octanol–water partition coefficient (Wildman–Crippen LogP) is 3.78. The first kappa shape index (κ1) is 10.0. The molecule has 1 nitrogen and oxygen atoms in total. The normalized spacial score (nSPS) is 33.6. The van der Waals surface area contributed by atoms with Crippen molar-refractivity contribution in [2.75, 3.05) is 0 Å². The van der Waals surface area contributed by atoms with Gasteiger partial charge in [-0.15, -0.1) is 11.8 Å². The monoisotopic (exact) mass is 207 g/mol. The Labute approximate surface area is 90.4 Å². The molecule has 1 saturated heterocycles. The lowest BCUT2D eigenvalue weighted by Gasteiger charge is -2.09. The molecule has 2 heteroatoms. The summed E-state index contributed by atoms with van der Waals surface area (Å²) in [5.74, 6) is 0.781. The van der Waals surface area contributed by atoms with Crippen molar-refractivity contribution in [1.82, 2.24) is 0 Å². The van der Waals surface area contributed by atoms with Crippen molar-refractivity contribution in [2.24, 2.45) is 10.9 Å². The molecule has 0 N–H and O–H groups in total. The van der Waals surface area contributed by atoms with E-state index in [1.165, 1.54) is 35.5 Å². The van der Waals surface area contributed by atoms with Gasteiger partial charge in [0, 0.05) is 11.4 Å². The van der Waals surface area contributed by atoms with Crippen LogP contribution in [0.4, 0.5) is 0 Å². The molecule has 2 rings (SSSR count). The molecule has 0 aromatic rings. The minimum Gasteiger partial charge on any atom is -0.250 e. The fraction of sp³-hybridized carbons (Fsp3) is 0.583. The van der Waals surface area contributed by atoms with E-state index in [4.69, 9.17) is 0 Å². The fourth-order valence-corrected chi connectivity index (χ4v) is 4.16. The Morgan fingerprint density at radius 3 is 2.93 bits per heavy atom. The molecular formula is C12H17NS. The van der Waals surface area contributed by atoms with Gasteiger partial charge in [0.1, 0.15) is 0 Å². The van der Waals surface area contributed by atoms with Crippen LogP contribution in [-0.4, -0.2) is 10.3 Å². The van der Waals surface area contributed by atoms with Gasteiger partial charge in [-0.05, 0) is 38.2 Å². The summed E-state index contributed by atoms with van der Waals surface area (Å²) in [4.78, 5) is 4.39. The van der Waals surface area contributed by atoms with Crippen molar-refractivity contribution in [2.45, 2.75) is 38.4 Å². The summed E-state index contributed by atoms with van der Waals surface area (Å²) in [7, 11) is 0. The van der Waals surface area contributed by atoms with Crippen LogP contribution in [-0.2, 0) is 0 Å². The Balaban J connectivity index is 2.36. The number of hydrogen-bond acceptors (Lipinski definition) is 2. The zero-order valence-corrected chi connectivity index (χ0v) is 9.73. The second kappa shape index (κ2) is 3.93. The van der Waals surface area contributed by atoms with Crippen molar-refractivity contribution >= 4 is 16.8 Å². The van der Waals surface area contributed by atoms with E-state index in [-0.39, 0.29) is 0 Å². The van der Waals surface area contributed by atoms with Crippen LogP contribution >= 0.6 is 11.8 Å². The lowest BCUT2D eigenvalue weighted by molar-refractivity contribution is 0.684. The van der Waals surface area contributed by atoms with Gasteiger partial charge in [0.2, 0.25) is 0 Å². The third-order valence-corrected chi connectivity index (χ3v) is 4.48. The maximum Gasteiger partial charge on any atom is 0.0997 e. The first-order valence-corrected chi connectivity index (χ1v) is 6.15. The van der Waals surface area contributed by atoms with Gasteiger partial charge >= 0.3 is 0 Å². The first-order valence-electron chi connectivity index (χ1n) is 5.27. The van der Waals surface area contributed by atoms with Crippen molar-refractivity contribution < 1.29 is 0 Å². The SMILES string of the molecule is C=CN=C1SC2CCCC2C1=C(C)C. The van der Waals surface area contributed by atoms with E-state index in [0.717, 1.165) is 11.2 Å². The Morgan fingerprint density at radius 2 is 2.29 bits per heavy atom. The third-order valence-electron chi connectivity index (χ3n) is 3.06. The minimum absolute atomic E-state index is 0.781. The van der Waals surface area contributed by atoms with E-state index in [2.05, 4.69) is 25.4 Å². The summed E-state index contributed by atoms with van der Waals surface area (Å²) in [6.45, 7) is 8.10. The summed E-state index contributed by atoms with van der Waals surface area (Å²) in [6.07, 6.45) is 5.78. The van der Waals surface area contributed by atoms with Crippen molar-refractivity contribution in [3.63, 3.8) is 0 Å². The molecule has 2 unspecified atom stereocenters. The van der Waals surface area contributed by atoms with Crippen LogP contribution in [0.25, 0.3) is 0 Å². The van der Waals surface area contributed by atoms with E-state index < -0.39 is 0 Å². The van der Waals surface area contributed by atoms with Gasteiger partial charge in [0.25, 0.3) is 0 Å². The Bertz CT molecular complexity index is 310. The van der Waals surface area contributed by atoms with E-state index in [9.17, 15) is 0 Å². The number of aliphatic imine (C=N–C) groups is 1. The quantitative estimate of drug-likeness (QED) is 0.637. The van der Waals surface area contributed by atoms with E-state index in [1.807, 2.05) is 11.8 Å². The molecule has 0 spiro atoms. The molecule has 1 aliphatic carbocycles. The Hall–Kier alpha value is -0.500. The van der Waals surface area contributed by atoms with Gasteiger partial charge in [0.15, 0.2) is 0 Å². The van der Waals surface area contributed by atoms with E-state index >= 15 is 0 Å². The predicted molar refractivity (Wildman–Crippen MR) is 64.7 cm³/mol. The number of fused-ring (bicyclic) bond motifs is 1. The Kier molecular flexibility index (Phi) is 2.82. The number of hydrogen-bond donors (Lipinski definition) is 0. The van der Waals surface area contributed by atoms with Gasteiger partial charge in [0.05, 0.1) is 5.04 Å². The van der Waals surface area contributed by atoms with Crippen LogP contribution < -0.4 is 0 Å². The molecule has 1 heterocycles. The molecule has 0 bridgehead atoms. The molecular weight excluding hydrogens is 190 g/mol. The van der Waals surface area contributed by atoms with Crippen molar-refractivity contribution in [3.8, 4) is 0 Å². The molecule has 1 saturated carbocycles. The van der Waals surface area contributed by atoms with Crippen LogP contribution in [0.15, 0.2) is 28.9 Å². The number of rotatable bonds is 1. The lowest BCUT2D eigenvalue weighted by atomic mass is 9.95. The van der Waals surface area contributed by atoms with Crippen LogP contribution in [0.3, 0.4) is 0 Å². The highest BCUT2D eigenvalue weighted by Gasteiger charge is 2.40. The van der Waals surface area contributed by atoms with Crippen LogP contribution in [0.2, 0.25) is 0 Å². The molecule has 0 radical (unpaired) electrons. The molecule has 2 atom stereocenters. The van der Waals surface area contributed by atoms with Gasteiger partial charge in [-0.1, -0.05) is 18.6 Å². The fourth-order valence-electron chi connectivity index (χ4n) is 2.53. The van der Waals surface area contributed by atoms with Gasteiger partial charge in [-0.25, -0.2) is 0 Å². The second-order valence-corrected chi connectivity index (χ2v) is 5.45. The van der Waals surface area contributed by atoms with Gasteiger partial charge in [-0.3, -0.25) is 4.99 Å². The highest BCUT2D eigenvalue weighted by atomic mass is 32.2. The zero-order chi connectivity index (χ0) is 10.1. The maximum absolute atomic E-state index is 4.39. The minimum atomic E-state index is 0.781. The average molecular weight is 207 g/mol. The second-order valence-electron chi connectivity index (χ2n) is 4.22. The molecule has 1 aliphatic heterocycles. The molecule has 14 heavy (non-hydrogen) atoms. The van der Waals surface area contributed by atoms with Crippen LogP contribution in [0.1, 0.15) is 33.1 Å². The Morgan fingerprint density at radius 1 is 1.50 bits per heavy atom. The van der Waals surface area contributed by atoms with Crippen LogP contribution in [0.5, 0.6) is 0 Å². The molecule has 0 aromatic heterocycles. The number of nitrogens with zero attached hydrogens (tertiary/aromatic N) is 1. The molecule has 76 valence electrons. The zero-order valence-electron chi connectivity index (χ0n) is 8.92. The largest absolute Gasteiger partial charge is 0.250 e. The smallest absolute Gasteiger partial charge is 0.0997 e. The van der Waals surface area contributed by atoms with Crippen molar-refractivity contribution in [1.29, 1.82) is 0 Å². The summed E-state index contributed by atoms with van der Waals surface area (Å²) in [5.41, 5.74) is 2.95. The summed E-state index contributed by atoms with van der Waals surface area (Å²) >= 11 is 1.96. The van der Waals surface area contributed by atoms with Crippen molar-refractivity contribution in [3.05, 3.63) is 23.9 Å². The highest BCUT2D eigenvalue weighted by Crippen LogP contribution is 2.49. The van der Waals surface area contributed by atoms with E-state index in [1.54, 1.807) is 6.20 Å². The molecule has 2 fully saturated rings. The molecule has 0 aromatic carbocycles. The molecule has 0 amide bonds. The van der Waals surface area contributed by atoms with Gasteiger partial charge < -0.3 is 0 Å². The maximum atomic E-state index is 4.39. The summed E-state index contributed by atoms with van der Waals surface area (Å²) in [6, 6.07) is 0. The number of thioether (sulfide) groups is 1. The summed E-state index contributed by atoms with van der Waals surface area (Å²) < 4.78 is 0. The topological polar surface area (TPSA) is 12.4 Å².